The van der Waals surface area contributed by atoms with Gasteiger partial charge in [0.05, 0.1) is 19.0 Å². The van der Waals surface area contributed by atoms with Gasteiger partial charge in [-0.15, -0.1) is 0 Å². The summed E-state index contributed by atoms with van der Waals surface area (Å²) >= 11 is 5.86. The molecule has 0 unspecified atom stereocenters. The van der Waals surface area contributed by atoms with Crippen LogP contribution in [0.1, 0.15) is 0 Å². The van der Waals surface area contributed by atoms with Crippen molar-refractivity contribution < 1.29 is 9.53 Å². The number of fused-ring (bicyclic) bond motifs is 1. The summed E-state index contributed by atoms with van der Waals surface area (Å²) in [7, 11) is 1.26. The van der Waals surface area contributed by atoms with E-state index in [0.717, 1.165) is 5.69 Å². The number of rotatable bonds is 3. The van der Waals surface area contributed by atoms with Gasteiger partial charge in [-0.3, -0.25) is 14.2 Å². The lowest BCUT2D eigenvalue weighted by atomic mass is 10.3. The number of aromatic nitrogens is 4. The Bertz CT molecular complexity index is 899. The van der Waals surface area contributed by atoms with Crippen molar-refractivity contribution in [1.29, 1.82) is 0 Å². The molecular weight excluding hydrogens is 308 g/mol. The van der Waals surface area contributed by atoms with Gasteiger partial charge in [0.25, 0.3) is 5.56 Å². The number of methoxy groups -OCH3 is 1. The number of nitrogens with zero attached hydrogens (tertiary/aromatic N) is 4. The number of benzene rings is 1. The van der Waals surface area contributed by atoms with E-state index in [1.165, 1.54) is 28.9 Å². The molecule has 0 bridgehead atoms. The molecule has 0 N–H and O–H groups in total. The highest BCUT2D eigenvalue weighted by Crippen LogP contribution is 2.16. The van der Waals surface area contributed by atoms with Crippen LogP contribution in [-0.2, 0) is 16.1 Å². The smallest absolute Gasteiger partial charge is 0.325 e. The van der Waals surface area contributed by atoms with Gasteiger partial charge in [0.2, 0.25) is 0 Å². The van der Waals surface area contributed by atoms with Crippen LogP contribution in [0.5, 0.6) is 0 Å². The third-order valence-corrected chi connectivity index (χ3v) is 3.40. The van der Waals surface area contributed by atoms with Crippen LogP contribution in [-0.4, -0.2) is 32.4 Å². The van der Waals surface area contributed by atoms with Crippen molar-refractivity contribution in [3.05, 3.63) is 52.2 Å². The number of carbonyl (C=O) groups is 1. The first-order chi connectivity index (χ1) is 10.6. The molecule has 0 aliphatic rings. The molecule has 112 valence electrons. The van der Waals surface area contributed by atoms with Crippen molar-refractivity contribution in [1.82, 2.24) is 19.3 Å². The van der Waals surface area contributed by atoms with Crippen LogP contribution in [0.4, 0.5) is 0 Å². The molecule has 0 aliphatic heterocycles. The van der Waals surface area contributed by atoms with E-state index < -0.39 is 5.97 Å². The molecule has 22 heavy (non-hydrogen) atoms. The van der Waals surface area contributed by atoms with Crippen molar-refractivity contribution in [2.45, 2.75) is 6.54 Å². The Hall–Kier alpha value is -2.67. The SMILES string of the molecule is COC(=O)Cn1cnc2c(cnn2-c2ccc(Cl)cc2)c1=O. The molecule has 0 aliphatic carbocycles. The molecule has 0 saturated carbocycles. The molecule has 7 nitrogen and oxygen atoms in total. The molecule has 3 rings (SSSR count). The predicted octanol–water partition coefficient (Wildman–Crippen LogP) is 1.41. The van der Waals surface area contributed by atoms with Crippen LogP contribution in [0.3, 0.4) is 0 Å². The lowest BCUT2D eigenvalue weighted by Crippen LogP contribution is -2.25. The Morgan fingerprint density at radius 1 is 1.32 bits per heavy atom. The summed E-state index contributed by atoms with van der Waals surface area (Å²) in [4.78, 5) is 27.8. The summed E-state index contributed by atoms with van der Waals surface area (Å²) in [6.07, 6.45) is 2.72. The summed E-state index contributed by atoms with van der Waals surface area (Å²) < 4.78 is 7.27. The molecule has 0 amide bonds. The maximum atomic E-state index is 12.3. The number of hydrogen-bond acceptors (Lipinski definition) is 5. The van der Waals surface area contributed by atoms with Crippen LogP contribution >= 0.6 is 11.6 Å². The number of hydrogen-bond donors (Lipinski definition) is 0. The summed E-state index contributed by atoms with van der Waals surface area (Å²) in [6.45, 7) is -0.190. The normalized spacial score (nSPS) is 10.8. The van der Waals surface area contributed by atoms with E-state index in [4.69, 9.17) is 11.6 Å². The summed E-state index contributed by atoms with van der Waals surface area (Å²) in [6, 6.07) is 7.00. The lowest BCUT2D eigenvalue weighted by molar-refractivity contribution is -0.141. The van der Waals surface area contributed by atoms with Crippen LogP contribution < -0.4 is 5.56 Å². The fourth-order valence-electron chi connectivity index (χ4n) is 2.04. The summed E-state index contributed by atoms with van der Waals surface area (Å²) in [5.74, 6) is -0.520. The van der Waals surface area contributed by atoms with Crippen molar-refractivity contribution in [3.8, 4) is 5.69 Å². The highest BCUT2D eigenvalue weighted by atomic mass is 35.5. The highest BCUT2D eigenvalue weighted by molar-refractivity contribution is 6.30. The molecule has 0 atom stereocenters. The van der Waals surface area contributed by atoms with Gasteiger partial charge in [-0.05, 0) is 24.3 Å². The van der Waals surface area contributed by atoms with Crippen LogP contribution in [0.15, 0.2) is 41.6 Å². The largest absolute Gasteiger partial charge is 0.468 e. The molecule has 0 fully saturated rings. The van der Waals surface area contributed by atoms with Crippen molar-refractivity contribution in [2.75, 3.05) is 7.11 Å². The van der Waals surface area contributed by atoms with Gasteiger partial charge in [-0.1, -0.05) is 11.6 Å². The van der Waals surface area contributed by atoms with E-state index in [1.54, 1.807) is 24.3 Å². The molecule has 3 aromatic rings. The number of esters is 1. The number of halogens is 1. The van der Waals surface area contributed by atoms with Crippen molar-refractivity contribution in [2.24, 2.45) is 0 Å². The lowest BCUT2D eigenvalue weighted by Gasteiger charge is -2.05. The zero-order chi connectivity index (χ0) is 15.7. The van der Waals surface area contributed by atoms with Gasteiger partial charge in [0, 0.05) is 5.02 Å². The topological polar surface area (TPSA) is 79.0 Å². The van der Waals surface area contributed by atoms with Gasteiger partial charge < -0.3 is 4.74 Å². The maximum absolute atomic E-state index is 12.3. The molecule has 1 aromatic carbocycles. The standard InChI is InChI=1S/C14H11ClN4O3/c1-22-12(20)7-18-8-16-13-11(14(18)21)6-17-19(13)10-4-2-9(15)3-5-10/h2-6,8H,7H2,1H3. The Balaban J connectivity index is 2.09. The first-order valence-electron chi connectivity index (χ1n) is 6.36. The van der Waals surface area contributed by atoms with E-state index in [1.807, 2.05) is 0 Å². The van der Waals surface area contributed by atoms with Gasteiger partial charge in [0.15, 0.2) is 5.65 Å². The quantitative estimate of drug-likeness (QED) is 0.682. The van der Waals surface area contributed by atoms with E-state index in [9.17, 15) is 9.59 Å². The fraction of sp³-hybridized carbons (Fsp3) is 0.143. The first-order valence-corrected chi connectivity index (χ1v) is 6.74. The second kappa shape index (κ2) is 5.61. The molecule has 0 saturated heterocycles. The van der Waals surface area contributed by atoms with Gasteiger partial charge in [-0.25, -0.2) is 9.67 Å². The average molecular weight is 319 g/mol. The second-order valence-corrected chi connectivity index (χ2v) is 4.96. The Labute approximate surface area is 129 Å². The van der Waals surface area contributed by atoms with Crippen LogP contribution in [0.2, 0.25) is 5.02 Å². The van der Waals surface area contributed by atoms with Crippen molar-refractivity contribution in [3.63, 3.8) is 0 Å². The number of ether oxygens (including phenoxy) is 1. The minimum atomic E-state index is -0.520. The van der Waals surface area contributed by atoms with Crippen LogP contribution in [0, 0.1) is 0 Å². The number of carbonyl (C=O) groups excluding carboxylic acids is 1. The Morgan fingerprint density at radius 2 is 2.05 bits per heavy atom. The van der Waals surface area contributed by atoms with Crippen LogP contribution in [0.25, 0.3) is 16.7 Å². The van der Waals surface area contributed by atoms with E-state index in [2.05, 4.69) is 14.8 Å². The average Bonchev–Trinajstić information content (AvgIpc) is 2.95. The molecule has 2 aromatic heterocycles. The van der Waals surface area contributed by atoms with E-state index >= 15 is 0 Å². The second-order valence-electron chi connectivity index (χ2n) is 4.52. The third-order valence-electron chi connectivity index (χ3n) is 3.15. The Morgan fingerprint density at radius 3 is 2.73 bits per heavy atom. The van der Waals surface area contributed by atoms with E-state index in [-0.39, 0.29) is 12.1 Å². The molecule has 0 spiro atoms. The molecular formula is C14H11ClN4O3. The molecule has 2 heterocycles. The van der Waals surface area contributed by atoms with Gasteiger partial charge in [0.1, 0.15) is 18.3 Å². The summed E-state index contributed by atoms with van der Waals surface area (Å²) in [5.41, 5.74) is 0.793. The monoisotopic (exact) mass is 318 g/mol. The predicted molar refractivity (Wildman–Crippen MR) is 80.2 cm³/mol. The minimum Gasteiger partial charge on any atom is -0.468 e. The summed E-state index contributed by atoms with van der Waals surface area (Å²) in [5, 5.41) is 5.10. The molecule has 0 radical (unpaired) electrons. The zero-order valence-electron chi connectivity index (χ0n) is 11.6. The molecule has 8 heteroatoms. The zero-order valence-corrected chi connectivity index (χ0v) is 12.3. The third kappa shape index (κ3) is 2.46. The highest BCUT2D eigenvalue weighted by Gasteiger charge is 2.13. The minimum absolute atomic E-state index is 0.190. The van der Waals surface area contributed by atoms with E-state index in [0.29, 0.717) is 16.1 Å². The maximum Gasteiger partial charge on any atom is 0.325 e. The van der Waals surface area contributed by atoms with Gasteiger partial charge >= 0.3 is 5.97 Å². The first kappa shape index (κ1) is 14.3. The fourth-order valence-corrected chi connectivity index (χ4v) is 2.16. The van der Waals surface area contributed by atoms with Crippen molar-refractivity contribution >= 4 is 28.6 Å². The Kier molecular flexibility index (Phi) is 3.64. The van der Waals surface area contributed by atoms with Gasteiger partial charge in [-0.2, -0.15) is 5.10 Å².